The summed E-state index contributed by atoms with van der Waals surface area (Å²) in [6.45, 7) is 2.42. The average molecular weight is 351 g/mol. The second-order valence-electron chi connectivity index (χ2n) is 5.81. The van der Waals surface area contributed by atoms with Crippen molar-refractivity contribution in [3.63, 3.8) is 0 Å². The van der Waals surface area contributed by atoms with E-state index in [-0.39, 0.29) is 12.5 Å². The summed E-state index contributed by atoms with van der Waals surface area (Å²) < 4.78 is 14.1. The number of hydrogen-bond acceptors (Lipinski definition) is 5. The first-order valence-corrected chi connectivity index (χ1v) is 8.12. The summed E-state index contributed by atoms with van der Waals surface area (Å²) in [5.74, 6) is 2.68. The van der Waals surface area contributed by atoms with Crippen LogP contribution in [0.15, 0.2) is 63.9 Å². The molecule has 0 spiro atoms. The zero-order valence-corrected chi connectivity index (χ0v) is 14.1. The maximum atomic E-state index is 12.3. The van der Waals surface area contributed by atoms with Crippen molar-refractivity contribution in [1.82, 2.24) is 19.6 Å². The highest BCUT2D eigenvalue weighted by molar-refractivity contribution is 5.89. The molecule has 0 aliphatic heterocycles. The standard InChI is InChI=1S/C18H17N5O3/c1-13-4-5-14(26-13)11-23-17(6-8-19-23)20-18(24)12-22-9-7-15(21-22)16-3-2-10-25-16/h2-10H,11-12H2,1H3,(H,20,24). The topological polar surface area (TPSA) is 91.0 Å². The van der Waals surface area contributed by atoms with Crippen LogP contribution < -0.4 is 5.32 Å². The number of nitrogens with one attached hydrogen (secondary N) is 1. The second kappa shape index (κ2) is 6.75. The summed E-state index contributed by atoms with van der Waals surface area (Å²) in [5.41, 5.74) is 0.682. The number of anilines is 1. The third-order valence-electron chi connectivity index (χ3n) is 3.81. The number of nitrogens with zero attached hydrogens (tertiary/aromatic N) is 4. The van der Waals surface area contributed by atoms with E-state index < -0.39 is 0 Å². The van der Waals surface area contributed by atoms with E-state index >= 15 is 0 Å². The number of furan rings is 2. The molecule has 1 amide bonds. The van der Waals surface area contributed by atoms with E-state index in [9.17, 15) is 4.79 Å². The van der Waals surface area contributed by atoms with Gasteiger partial charge in [0.25, 0.3) is 0 Å². The lowest BCUT2D eigenvalue weighted by molar-refractivity contribution is -0.116. The maximum absolute atomic E-state index is 12.3. The predicted molar refractivity (Wildman–Crippen MR) is 93.3 cm³/mol. The van der Waals surface area contributed by atoms with Crippen LogP contribution >= 0.6 is 0 Å². The predicted octanol–water partition coefficient (Wildman–Crippen LogP) is 2.93. The highest BCUT2D eigenvalue weighted by Crippen LogP contribution is 2.17. The minimum atomic E-state index is -0.198. The molecule has 4 rings (SSSR count). The fourth-order valence-electron chi connectivity index (χ4n) is 2.62. The van der Waals surface area contributed by atoms with Gasteiger partial charge in [0.1, 0.15) is 36.1 Å². The van der Waals surface area contributed by atoms with Gasteiger partial charge in [-0.3, -0.25) is 9.48 Å². The molecular weight excluding hydrogens is 334 g/mol. The van der Waals surface area contributed by atoms with E-state index in [4.69, 9.17) is 8.83 Å². The Morgan fingerprint density at radius 2 is 2.15 bits per heavy atom. The van der Waals surface area contributed by atoms with Gasteiger partial charge in [0.05, 0.1) is 12.5 Å². The molecule has 0 saturated carbocycles. The lowest BCUT2D eigenvalue weighted by atomic mass is 10.3. The first-order valence-electron chi connectivity index (χ1n) is 8.12. The Labute approximate surface area is 149 Å². The van der Waals surface area contributed by atoms with Gasteiger partial charge in [0.2, 0.25) is 5.91 Å². The van der Waals surface area contributed by atoms with E-state index in [0.717, 1.165) is 11.5 Å². The Morgan fingerprint density at radius 1 is 1.23 bits per heavy atom. The third-order valence-corrected chi connectivity index (χ3v) is 3.81. The molecule has 26 heavy (non-hydrogen) atoms. The smallest absolute Gasteiger partial charge is 0.247 e. The minimum Gasteiger partial charge on any atom is -0.464 e. The quantitative estimate of drug-likeness (QED) is 0.577. The van der Waals surface area contributed by atoms with Crippen LogP contribution in [0.5, 0.6) is 0 Å². The summed E-state index contributed by atoms with van der Waals surface area (Å²) in [7, 11) is 0. The third kappa shape index (κ3) is 3.44. The van der Waals surface area contributed by atoms with Crippen molar-refractivity contribution in [1.29, 1.82) is 0 Å². The number of hydrogen-bond donors (Lipinski definition) is 1. The Morgan fingerprint density at radius 3 is 2.92 bits per heavy atom. The van der Waals surface area contributed by atoms with E-state index in [2.05, 4.69) is 15.5 Å². The molecule has 0 fully saturated rings. The maximum Gasteiger partial charge on any atom is 0.247 e. The van der Waals surface area contributed by atoms with Crippen LogP contribution in [0, 0.1) is 6.92 Å². The molecule has 0 radical (unpaired) electrons. The lowest BCUT2D eigenvalue weighted by Gasteiger charge is -2.08. The van der Waals surface area contributed by atoms with Gasteiger partial charge < -0.3 is 14.2 Å². The highest BCUT2D eigenvalue weighted by atomic mass is 16.3. The molecule has 4 aromatic rings. The van der Waals surface area contributed by atoms with Gasteiger partial charge in [0, 0.05) is 12.3 Å². The van der Waals surface area contributed by atoms with E-state index in [1.807, 2.05) is 25.1 Å². The van der Waals surface area contributed by atoms with Crippen LogP contribution in [-0.2, 0) is 17.9 Å². The molecule has 8 nitrogen and oxygen atoms in total. The minimum absolute atomic E-state index is 0.0890. The number of carbonyl (C=O) groups is 1. The van der Waals surface area contributed by atoms with Crippen LogP contribution in [0.3, 0.4) is 0 Å². The van der Waals surface area contributed by atoms with E-state index in [0.29, 0.717) is 23.8 Å². The summed E-state index contributed by atoms with van der Waals surface area (Å²) in [6, 6.07) is 10.9. The van der Waals surface area contributed by atoms with Crippen LogP contribution in [0.1, 0.15) is 11.5 Å². The Hall–Kier alpha value is -3.55. The number of amides is 1. The van der Waals surface area contributed by atoms with Gasteiger partial charge in [-0.15, -0.1) is 0 Å². The monoisotopic (exact) mass is 351 g/mol. The van der Waals surface area contributed by atoms with Gasteiger partial charge in [-0.25, -0.2) is 4.68 Å². The molecule has 4 heterocycles. The van der Waals surface area contributed by atoms with Gasteiger partial charge in [0.15, 0.2) is 5.76 Å². The van der Waals surface area contributed by atoms with E-state index in [1.54, 1.807) is 46.2 Å². The van der Waals surface area contributed by atoms with Crippen molar-refractivity contribution in [2.75, 3.05) is 5.32 Å². The zero-order chi connectivity index (χ0) is 17.9. The first kappa shape index (κ1) is 15.9. The summed E-state index contributed by atoms with van der Waals surface area (Å²) in [4.78, 5) is 12.3. The van der Waals surface area contributed by atoms with Crippen molar-refractivity contribution >= 4 is 11.7 Å². The van der Waals surface area contributed by atoms with Crippen molar-refractivity contribution in [2.45, 2.75) is 20.0 Å². The van der Waals surface area contributed by atoms with Gasteiger partial charge >= 0.3 is 0 Å². The SMILES string of the molecule is Cc1ccc(Cn2nccc2NC(=O)Cn2ccc(-c3ccco3)n2)o1. The molecule has 0 atom stereocenters. The summed E-state index contributed by atoms with van der Waals surface area (Å²) in [5, 5.41) is 11.4. The lowest BCUT2D eigenvalue weighted by Crippen LogP contribution is -2.21. The number of aryl methyl sites for hydroxylation is 1. The fourth-order valence-corrected chi connectivity index (χ4v) is 2.62. The molecule has 4 aromatic heterocycles. The molecule has 0 bridgehead atoms. The van der Waals surface area contributed by atoms with Crippen LogP contribution in [0.2, 0.25) is 0 Å². The Balaban J connectivity index is 1.40. The molecule has 0 unspecified atom stereocenters. The number of rotatable bonds is 6. The van der Waals surface area contributed by atoms with Crippen molar-refractivity contribution in [2.24, 2.45) is 0 Å². The number of aromatic nitrogens is 4. The average Bonchev–Trinajstić information content (AvgIpc) is 3.37. The molecular formula is C18H17N5O3. The molecule has 0 aromatic carbocycles. The molecule has 132 valence electrons. The zero-order valence-electron chi connectivity index (χ0n) is 14.1. The second-order valence-corrected chi connectivity index (χ2v) is 5.81. The van der Waals surface area contributed by atoms with Crippen molar-refractivity contribution in [3.05, 3.63) is 66.6 Å². The van der Waals surface area contributed by atoms with Crippen LogP contribution in [-0.4, -0.2) is 25.5 Å². The fraction of sp³-hybridized carbons (Fsp3) is 0.167. The van der Waals surface area contributed by atoms with Crippen molar-refractivity contribution < 1.29 is 13.6 Å². The molecule has 0 saturated heterocycles. The Kier molecular flexibility index (Phi) is 4.14. The first-order chi connectivity index (χ1) is 12.7. The van der Waals surface area contributed by atoms with Gasteiger partial charge in [-0.05, 0) is 37.3 Å². The molecule has 0 aliphatic carbocycles. The van der Waals surface area contributed by atoms with Crippen molar-refractivity contribution in [3.8, 4) is 11.5 Å². The summed E-state index contributed by atoms with van der Waals surface area (Å²) in [6.07, 6.45) is 4.96. The highest BCUT2D eigenvalue weighted by Gasteiger charge is 2.11. The molecule has 8 heteroatoms. The Bertz CT molecular complexity index is 1010. The van der Waals surface area contributed by atoms with Crippen LogP contribution in [0.25, 0.3) is 11.5 Å². The molecule has 0 aliphatic rings. The van der Waals surface area contributed by atoms with Crippen LogP contribution in [0.4, 0.5) is 5.82 Å². The largest absolute Gasteiger partial charge is 0.464 e. The van der Waals surface area contributed by atoms with E-state index in [1.165, 1.54) is 0 Å². The number of carbonyl (C=O) groups excluding carboxylic acids is 1. The van der Waals surface area contributed by atoms with Gasteiger partial charge in [-0.1, -0.05) is 0 Å². The normalized spacial score (nSPS) is 11.0. The summed E-state index contributed by atoms with van der Waals surface area (Å²) >= 11 is 0. The molecule has 1 N–H and O–H groups in total. The van der Waals surface area contributed by atoms with Gasteiger partial charge in [-0.2, -0.15) is 10.2 Å².